The zero-order chi connectivity index (χ0) is 16.5. The number of nitrogens with one attached hydrogen (secondary N) is 2. The van der Waals surface area contributed by atoms with Gasteiger partial charge in [-0.1, -0.05) is 20.8 Å². The lowest BCUT2D eigenvalue weighted by atomic mass is 9.92. The number of rotatable bonds is 3. The molecular formula is C16H21N5O. The fourth-order valence-corrected chi connectivity index (χ4v) is 2.03. The van der Waals surface area contributed by atoms with Gasteiger partial charge < -0.3 is 16.5 Å². The van der Waals surface area contributed by atoms with Crippen molar-refractivity contribution in [2.24, 2.45) is 7.05 Å². The average Bonchev–Trinajstić information content (AvgIpc) is 2.81. The van der Waals surface area contributed by atoms with Crippen molar-refractivity contribution in [1.29, 1.82) is 5.41 Å². The van der Waals surface area contributed by atoms with E-state index < -0.39 is 0 Å². The molecule has 4 N–H and O–H groups in total. The van der Waals surface area contributed by atoms with E-state index in [0.717, 1.165) is 5.69 Å². The summed E-state index contributed by atoms with van der Waals surface area (Å²) in [4.78, 5) is 12.4. The number of benzene rings is 1. The van der Waals surface area contributed by atoms with Crippen LogP contribution in [-0.2, 0) is 12.5 Å². The highest BCUT2D eigenvalue weighted by Crippen LogP contribution is 2.22. The van der Waals surface area contributed by atoms with Crippen LogP contribution in [0, 0.1) is 5.41 Å². The summed E-state index contributed by atoms with van der Waals surface area (Å²) in [5.41, 5.74) is 8.70. The first kappa shape index (κ1) is 15.8. The van der Waals surface area contributed by atoms with E-state index in [9.17, 15) is 4.79 Å². The molecular weight excluding hydrogens is 278 g/mol. The fraction of sp³-hybridized carbons (Fsp3) is 0.312. The molecule has 0 fully saturated rings. The monoisotopic (exact) mass is 299 g/mol. The maximum Gasteiger partial charge on any atom is 0.273 e. The smallest absolute Gasteiger partial charge is 0.273 e. The number of nitrogen functional groups attached to an aromatic ring is 1. The molecule has 0 aliphatic rings. The Kier molecular flexibility index (Phi) is 4.03. The van der Waals surface area contributed by atoms with Gasteiger partial charge in [-0.15, -0.1) is 0 Å². The number of carbonyl (C=O) groups excluding carboxylic acids is 1. The van der Waals surface area contributed by atoms with Gasteiger partial charge in [0.25, 0.3) is 5.91 Å². The molecule has 6 heteroatoms. The van der Waals surface area contributed by atoms with Gasteiger partial charge in [0.1, 0.15) is 5.69 Å². The van der Waals surface area contributed by atoms with Gasteiger partial charge in [-0.2, -0.15) is 5.10 Å². The minimum absolute atomic E-state index is 0.119. The number of hydrogen-bond acceptors (Lipinski definition) is 4. The fourth-order valence-electron chi connectivity index (χ4n) is 2.03. The predicted octanol–water partition coefficient (Wildman–Crippen LogP) is 2.55. The minimum atomic E-state index is -0.243. The van der Waals surface area contributed by atoms with Crippen LogP contribution in [0.4, 0.5) is 11.4 Å². The first-order valence-electron chi connectivity index (χ1n) is 6.98. The Hall–Kier alpha value is -2.63. The molecule has 0 spiro atoms. The van der Waals surface area contributed by atoms with Crippen LogP contribution in [0.3, 0.4) is 0 Å². The van der Waals surface area contributed by atoms with E-state index >= 15 is 0 Å². The molecule has 1 amide bonds. The number of nitrogens with zero attached hydrogens (tertiary/aromatic N) is 2. The Bertz CT molecular complexity index is 725. The van der Waals surface area contributed by atoms with Gasteiger partial charge in [-0.3, -0.25) is 9.48 Å². The highest BCUT2D eigenvalue weighted by molar-refractivity contribution is 6.03. The van der Waals surface area contributed by atoms with Crippen molar-refractivity contribution in [1.82, 2.24) is 9.78 Å². The van der Waals surface area contributed by atoms with E-state index in [4.69, 9.17) is 11.1 Å². The van der Waals surface area contributed by atoms with Crippen LogP contribution in [-0.4, -0.2) is 21.9 Å². The van der Waals surface area contributed by atoms with E-state index in [-0.39, 0.29) is 11.3 Å². The molecule has 1 aromatic carbocycles. The number of anilines is 2. The molecule has 0 aliphatic carbocycles. The maximum atomic E-state index is 12.4. The van der Waals surface area contributed by atoms with E-state index in [1.165, 1.54) is 6.21 Å². The second kappa shape index (κ2) is 5.63. The van der Waals surface area contributed by atoms with Crippen LogP contribution in [0.25, 0.3) is 0 Å². The lowest BCUT2D eigenvalue weighted by Crippen LogP contribution is -2.16. The predicted molar refractivity (Wildman–Crippen MR) is 88.6 cm³/mol. The minimum Gasteiger partial charge on any atom is -0.398 e. The summed E-state index contributed by atoms with van der Waals surface area (Å²) in [5.74, 6) is -0.243. The number of aromatic nitrogens is 2. The third-order valence-corrected chi connectivity index (χ3v) is 3.38. The summed E-state index contributed by atoms with van der Waals surface area (Å²) in [7, 11) is 1.75. The van der Waals surface area contributed by atoms with Crippen LogP contribution < -0.4 is 11.1 Å². The SMILES string of the molecule is Cn1nc(C(C)(C)C)cc1C(=O)Nc1ccc(C=N)c(N)c1. The first-order valence-corrected chi connectivity index (χ1v) is 6.98. The highest BCUT2D eigenvalue weighted by Gasteiger charge is 2.21. The number of hydrogen-bond donors (Lipinski definition) is 3. The van der Waals surface area contributed by atoms with Gasteiger partial charge in [0.2, 0.25) is 0 Å². The molecule has 0 radical (unpaired) electrons. The van der Waals surface area contributed by atoms with Crippen molar-refractivity contribution in [2.75, 3.05) is 11.1 Å². The van der Waals surface area contributed by atoms with Crippen molar-refractivity contribution in [2.45, 2.75) is 26.2 Å². The summed E-state index contributed by atoms with van der Waals surface area (Å²) in [6, 6.07) is 6.85. The van der Waals surface area contributed by atoms with Crippen molar-refractivity contribution < 1.29 is 4.79 Å². The lowest BCUT2D eigenvalue weighted by molar-refractivity contribution is 0.101. The van der Waals surface area contributed by atoms with Gasteiger partial charge in [0.15, 0.2) is 0 Å². The Morgan fingerprint density at radius 1 is 1.36 bits per heavy atom. The highest BCUT2D eigenvalue weighted by atomic mass is 16.2. The molecule has 0 saturated heterocycles. The zero-order valence-electron chi connectivity index (χ0n) is 13.3. The summed E-state index contributed by atoms with van der Waals surface area (Å²) >= 11 is 0. The maximum absolute atomic E-state index is 12.4. The molecule has 2 rings (SSSR count). The quantitative estimate of drug-likeness (QED) is 0.600. The molecule has 1 heterocycles. The topological polar surface area (TPSA) is 96.8 Å². The molecule has 116 valence electrons. The molecule has 6 nitrogen and oxygen atoms in total. The number of aryl methyl sites for hydroxylation is 1. The zero-order valence-corrected chi connectivity index (χ0v) is 13.3. The van der Waals surface area contributed by atoms with E-state index in [2.05, 4.69) is 10.4 Å². The van der Waals surface area contributed by atoms with E-state index in [0.29, 0.717) is 22.6 Å². The molecule has 0 atom stereocenters. The first-order chi connectivity index (χ1) is 10.2. The molecule has 0 saturated carbocycles. The van der Waals surface area contributed by atoms with Crippen molar-refractivity contribution >= 4 is 23.5 Å². The number of amides is 1. The Balaban J connectivity index is 2.24. The van der Waals surface area contributed by atoms with Crippen molar-refractivity contribution in [3.8, 4) is 0 Å². The van der Waals surface area contributed by atoms with E-state index in [1.54, 1.807) is 36.0 Å². The third kappa shape index (κ3) is 3.16. The molecule has 0 aliphatic heterocycles. The summed E-state index contributed by atoms with van der Waals surface area (Å²) < 4.78 is 1.57. The molecule has 1 aromatic heterocycles. The Labute approximate surface area is 129 Å². The molecule has 0 bridgehead atoms. The normalized spacial score (nSPS) is 11.3. The van der Waals surface area contributed by atoms with Gasteiger partial charge in [0, 0.05) is 35.6 Å². The second-order valence-corrected chi connectivity index (χ2v) is 6.23. The third-order valence-electron chi connectivity index (χ3n) is 3.38. The summed E-state index contributed by atoms with van der Waals surface area (Å²) in [5, 5.41) is 14.4. The molecule has 0 unspecified atom stereocenters. The van der Waals surface area contributed by atoms with E-state index in [1.807, 2.05) is 20.8 Å². The number of nitrogens with two attached hydrogens (primary N) is 1. The van der Waals surface area contributed by atoms with Crippen LogP contribution in [0.1, 0.15) is 42.5 Å². The summed E-state index contributed by atoms with van der Waals surface area (Å²) in [6.45, 7) is 6.15. The van der Waals surface area contributed by atoms with Crippen molar-refractivity contribution in [3.63, 3.8) is 0 Å². The Morgan fingerprint density at radius 3 is 2.55 bits per heavy atom. The van der Waals surface area contributed by atoms with Gasteiger partial charge in [0.05, 0.1) is 5.69 Å². The van der Waals surface area contributed by atoms with Gasteiger partial charge >= 0.3 is 0 Å². The van der Waals surface area contributed by atoms with Crippen LogP contribution >= 0.6 is 0 Å². The van der Waals surface area contributed by atoms with Gasteiger partial charge in [-0.05, 0) is 24.3 Å². The Morgan fingerprint density at radius 2 is 2.05 bits per heavy atom. The standard InChI is InChI=1S/C16H21N5O/c1-16(2,3)14-8-13(21(4)20-14)15(22)19-11-6-5-10(9-17)12(18)7-11/h5-9,17H,18H2,1-4H3,(H,19,22). The average molecular weight is 299 g/mol. The second-order valence-electron chi connectivity index (χ2n) is 6.23. The molecule has 22 heavy (non-hydrogen) atoms. The van der Waals surface area contributed by atoms with Crippen molar-refractivity contribution in [3.05, 3.63) is 41.2 Å². The van der Waals surface area contributed by atoms with Gasteiger partial charge in [-0.25, -0.2) is 0 Å². The lowest BCUT2D eigenvalue weighted by Gasteiger charge is -2.13. The number of carbonyl (C=O) groups is 1. The van der Waals surface area contributed by atoms with Crippen LogP contribution in [0.5, 0.6) is 0 Å². The largest absolute Gasteiger partial charge is 0.398 e. The van der Waals surface area contributed by atoms with Crippen LogP contribution in [0.15, 0.2) is 24.3 Å². The summed E-state index contributed by atoms with van der Waals surface area (Å²) in [6.07, 6.45) is 1.18. The van der Waals surface area contributed by atoms with Crippen LogP contribution in [0.2, 0.25) is 0 Å². The molecule has 2 aromatic rings.